The zero-order valence-corrected chi connectivity index (χ0v) is 95.4. The van der Waals surface area contributed by atoms with Crippen molar-refractivity contribution < 1.29 is 94.5 Å². The number of ether oxygens (including phenoxy) is 6. The first kappa shape index (κ1) is 128. The first-order chi connectivity index (χ1) is 68.6. The normalized spacial score (nSPS) is 27.2. The van der Waals surface area contributed by atoms with Gasteiger partial charge in [-0.25, -0.2) is 14.4 Å². The molecule has 832 valence electrons. The molecule has 6 aromatic heterocycles. The SMILES string of the molecule is C=Cc1cn([C@@H]2O[C@H](CCP(=C)(C)C)[C@@H](O)[C@H]2O)c(=O)[nH]c1=O.C=P(C)(C)CC[C@H]1O[C@@H](n2cc(/C=C/C(C)=O)c(=O)[nH]c2=O)[C@H](O)[C@@H]1O.C=P(C)(C)CC[C@H]1O[C@@H](n2cc(/C=C/CC)c(=O)[nH]c2=O)[C@H](O)[C@@H]1O.C=P(C)(C)CC[C@H]1O[C@@H](n2cc(C)c(=O)[nH]c2=S)[C@H](O)[C@@H]1O.C=P(C)(C)CC[C@H]1O[C@@H](n2cc(CNCCC)c(=O)[nH]c2=S)[C@H](O)[C@@H]1O.C=P(C)(C)CC[C@H]1O[C@@H](n2cc(CNCCC)c(=O)[nH]c2=S)[C@H](O)[C@@H]1O. The summed E-state index contributed by atoms with van der Waals surface area (Å²) in [5, 5.41) is 130. The second-order valence-electron chi connectivity index (χ2n) is 42.2. The van der Waals surface area contributed by atoms with Crippen LogP contribution in [0.3, 0.4) is 0 Å². The number of allylic oxidation sites excluding steroid dienone is 2. The summed E-state index contributed by atoms with van der Waals surface area (Å²) >= 11 is 15.6. The molecule has 6 saturated heterocycles. The highest BCUT2D eigenvalue weighted by Gasteiger charge is 2.50. The van der Waals surface area contributed by atoms with Gasteiger partial charge in [0.15, 0.2) is 57.5 Å². The van der Waals surface area contributed by atoms with Crippen LogP contribution in [0.5, 0.6) is 0 Å². The van der Waals surface area contributed by atoms with E-state index >= 15 is 0 Å². The number of nitrogens with zero attached hydrogens (tertiary/aromatic N) is 6. The summed E-state index contributed by atoms with van der Waals surface area (Å²) in [5.41, 5.74) is -2.64. The van der Waals surface area contributed by atoms with E-state index < -0.39 is 222 Å². The Labute approximate surface area is 876 Å². The van der Waals surface area contributed by atoms with Crippen molar-refractivity contribution in [2.24, 2.45) is 0 Å². The molecule has 12 rings (SSSR count). The van der Waals surface area contributed by atoms with Crippen LogP contribution in [0, 0.1) is 21.2 Å². The van der Waals surface area contributed by atoms with Gasteiger partial charge in [0.2, 0.25) is 0 Å². The second kappa shape index (κ2) is 56.0. The summed E-state index contributed by atoms with van der Waals surface area (Å²) in [4.78, 5) is 133. The fourth-order valence-corrected chi connectivity index (χ4v) is 22.7. The van der Waals surface area contributed by atoms with Crippen LogP contribution in [0.2, 0.25) is 0 Å². The van der Waals surface area contributed by atoms with Crippen LogP contribution < -0.4 is 61.1 Å². The average molecular weight is 2250 g/mol. The Kier molecular flexibility index (Phi) is 48.5. The van der Waals surface area contributed by atoms with Gasteiger partial charge in [0.1, 0.15) is 73.2 Å². The van der Waals surface area contributed by atoms with E-state index in [1.807, 2.05) is 20.8 Å². The number of aryl methyl sites for hydroxylation is 1. The first-order valence-corrected chi connectivity index (χ1v) is 68.3. The molecule has 0 amide bonds. The number of carbonyl (C=O) groups is 1. The largest absolute Gasteiger partial charge is 0.388 e. The minimum atomic E-state index is -1.33. The maximum Gasteiger partial charge on any atom is 0.330 e. The molecule has 148 heavy (non-hydrogen) atoms. The van der Waals surface area contributed by atoms with Gasteiger partial charge in [-0.15, -0.1) is 79.1 Å². The maximum absolute atomic E-state index is 12.1. The topological polar surface area (TPSA) is 617 Å². The minimum Gasteiger partial charge on any atom is -0.388 e. The Morgan fingerprint density at radius 1 is 0.351 bits per heavy atom. The number of H-pyrrole nitrogens is 6. The zero-order chi connectivity index (χ0) is 111. The van der Waals surface area contributed by atoms with E-state index in [1.165, 1.54) is 57.4 Å². The highest BCUT2D eigenvalue weighted by molar-refractivity contribution is 7.74. The van der Waals surface area contributed by atoms with E-state index in [4.69, 9.17) is 65.1 Å². The standard InChI is InChI=1S/2C17H30N3O4PS.C17H25N2O6P.C17H27N2O5P.C15H23N2O5P.C14H23N2O4PS/c2*1-5-7-18-9-11-10-20(17(26)19-15(11)23)16-14(22)13(21)12(24-16)6-8-25(2,3)4;1-10(20)5-6-11-9-19(17(24)18-15(11)23)16-14(22)13(21)12(25-16)7-8-26(2,3)4;1-5-6-7-11-10-19(17(23)18-15(11)22)16-14(21)13(20)12(24-16)8-9-25(2,3)4;1-5-9-8-17(15(21)16-13(9)20)14-12(19)11(18)10(22-14)6-7-23(2,3)4;1-8-7-16(14(22)15-12(8)19)13-11(18)10(17)9(20-13)5-6-21(2,3)4/h2*10,12-14,16,18,21-22H,2,5-9H2,1,3-4H3,(H,19,23,26);5-6,9,12-14,16,21-22H,2,7-8H2,1,3-4H3,(H,18,23,24);6-7,10,12-14,16,20-21H,2,5,8-9H2,1,3-4H3,(H,18,22,23);5,8,10-12,14,18-19H,1-2,6-7H2,3-4H3,(H,16,20,21);7,9-11,13,17-18H,2,5-6H2,1,3-4H3,(H,15,19,22)/b;;6-5+;7-6+;;/t4*12-,13-,14-,16-;10-,11-,12-,14-;9-,10-,11-,13-/m111111/s1. The highest BCUT2D eigenvalue weighted by atomic mass is 32.1. The Morgan fingerprint density at radius 2 is 0.588 bits per heavy atom. The van der Waals surface area contributed by atoms with E-state index in [0.717, 1.165) is 83.0 Å². The molecule has 0 aliphatic carbocycles. The van der Waals surface area contributed by atoms with E-state index in [1.54, 1.807) is 37.7 Å². The molecule has 0 spiro atoms. The van der Waals surface area contributed by atoms with E-state index in [-0.39, 0.29) is 47.9 Å². The molecule has 6 aliphatic heterocycles. The number of aliphatic hydroxyl groups is 12. The lowest BCUT2D eigenvalue weighted by Crippen LogP contribution is -2.38. The number of aliphatic hydroxyl groups excluding tert-OH is 12. The van der Waals surface area contributed by atoms with Crippen LogP contribution in [0.1, 0.15) is 156 Å². The second-order valence-corrected chi connectivity index (χ2v) is 69.2. The van der Waals surface area contributed by atoms with Gasteiger partial charge in [-0.05, 0) is 250 Å². The molecule has 6 aromatic rings. The quantitative estimate of drug-likeness (QED) is 0.0115. The third kappa shape index (κ3) is 37.5. The van der Waals surface area contributed by atoms with Crippen molar-refractivity contribution in [2.75, 3.05) is 130 Å². The number of ketones is 1. The molecule has 12 heterocycles. The molecule has 42 nitrogen and oxygen atoms in total. The lowest BCUT2D eigenvalue weighted by atomic mass is 10.1. The number of rotatable bonds is 37. The number of aromatic nitrogens is 12. The fourth-order valence-electron chi connectivity index (χ4n) is 16.2. The Bertz CT molecular complexity index is 6560. The van der Waals surface area contributed by atoms with Crippen molar-refractivity contribution >= 4 is 140 Å². The molecular weight excluding hydrogens is 2090 g/mol. The van der Waals surface area contributed by atoms with Crippen molar-refractivity contribution in [1.29, 1.82) is 0 Å². The van der Waals surface area contributed by atoms with Crippen molar-refractivity contribution in [3.63, 3.8) is 0 Å². The van der Waals surface area contributed by atoms with Crippen LogP contribution >= 0.6 is 78.0 Å². The number of nitrogens with one attached hydrogen (secondary N) is 8. The lowest BCUT2D eigenvalue weighted by molar-refractivity contribution is -0.112. The summed E-state index contributed by atoms with van der Waals surface area (Å²) in [6, 6.07) is 0. The van der Waals surface area contributed by atoms with Gasteiger partial charge in [0, 0.05) is 67.0 Å². The summed E-state index contributed by atoms with van der Waals surface area (Å²) in [6.07, 6.45) is 29.4. The molecule has 6 aliphatic rings. The van der Waals surface area contributed by atoms with Gasteiger partial charge in [0.25, 0.3) is 33.4 Å². The van der Waals surface area contributed by atoms with Gasteiger partial charge >= 0.3 is 17.1 Å². The molecule has 51 heteroatoms. The van der Waals surface area contributed by atoms with E-state index in [9.17, 15) is 109 Å². The zero-order valence-electron chi connectivity index (χ0n) is 87.6. The Hall–Kier alpha value is -6.77. The number of carbonyl (C=O) groups excluding carboxylic acids is 1. The number of hydrogen-bond acceptors (Lipinski definition) is 33. The van der Waals surface area contributed by atoms with Crippen LogP contribution in [0.25, 0.3) is 18.2 Å². The molecular formula is C97H158N14O28P6S3. The minimum absolute atomic E-state index is 0.0679. The molecule has 24 atom stereocenters. The van der Waals surface area contributed by atoms with Gasteiger partial charge in [0.05, 0.1) is 53.3 Å². The molecule has 20 N–H and O–H groups in total. The lowest BCUT2D eigenvalue weighted by Gasteiger charge is -2.20. The predicted octanol–water partition coefficient (Wildman–Crippen LogP) is 3.61. The summed E-state index contributed by atoms with van der Waals surface area (Å²) < 4.78 is 43.1. The van der Waals surface area contributed by atoms with Crippen molar-refractivity contribution in [3.05, 3.63) is 197 Å². The molecule has 6 fully saturated rings. The highest BCUT2D eigenvalue weighted by Crippen LogP contribution is 2.46. The number of hydrogen-bond donors (Lipinski definition) is 20. The van der Waals surface area contributed by atoms with E-state index in [2.05, 4.69) is 165 Å². The molecule has 0 unspecified atom stereocenters. The van der Waals surface area contributed by atoms with Crippen LogP contribution in [-0.2, 0) is 46.3 Å². The summed E-state index contributed by atoms with van der Waals surface area (Å²) in [5.74, 6) is -0.256. The molecule has 0 aromatic carbocycles. The van der Waals surface area contributed by atoms with Crippen LogP contribution in [0.15, 0.2) is 99.1 Å². The number of aromatic amines is 6. The fraction of sp³-hybridized carbons (Fsp3) is 0.619. The van der Waals surface area contributed by atoms with Crippen LogP contribution in [-0.4, -0.2) is 402 Å². The van der Waals surface area contributed by atoms with Crippen molar-refractivity contribution in [3.8, 4) is 0 Å². The summed E-state index contributed by atoms with van der Waals surface area (Å²) in [6.45, 7) is 32.4. The Morgan fingerprint density at radius 3 is 0.831 bits per heavy atom. The summed E-state index contributed by atoms with van der Waals surface area (Å²) in [7, 11) is 0. The monoisotopic (exact) mass is 2250 g/mol. The van der Waals surface area contributed by atoms with Gasteiger partial charge in [-0.3, -0.25) is 90.9 Å². The molecule has 0 bridgehead atoms. The van der Waals surface area contributed by atoms with Gasteiger partial charge in [-0.2, -0.15) is 0 Å². The first-order valence-electron chi connectivity index (χ1n) is 48.7. The smallest absolute Gasteiger partial charge is 0.330 e. The third-order valence-corrected chi connectivity index (χ3v) is 34.5. The van der Waals surface area contributed by atoms with Gasteiger partial charge in [-0.1, -0.05) is 45.6 Å². The van der Waals surface area contributed by atoms with Gasteiger partial charge < -0.3 is 100 Å². The third-order valence-electron chi connectivity index (χ3n) is 24.7. The van der Waals surface area contributed by atoms with Crippen molar-refractivity contribution in [2.45, 2.75) is 253 Å². The van der Waals surface area contributed by atoms with E-state index in [0.29, 0.717) is 73.9 Å². The Balaban J connectivity index is 0.000000241. The molecule has 0 saturated carbocycles. The molecule has 0 radical (unpaired) electrons. The average Bonchev–Trinajstić information content (AvgIpc) is 1.67. The van der Waals surface area contributed by atoms with Crippen molar-refractivity contribution in [1.82, 2.24) is 67.9 Å². The predicted molar refractivity (Wildman–Crippen MR) is 607 cm³/mol. The van der Waals surface area contributed by atoms with Crippen LogP contribution in [0.4, 0.5) is 0 Å². The maximum atomic E-state index is 12.1.